The lowest BCUT2D eigenvalue weighted by molar-refractivity contribution is 0.103. The maximum absolute atomic E-state index is 15.4. The number of nitrogens with zero attached hydrogens (tertiary/aromatic N) is 3. The first kappa shape index (κ1) is 24.4. The van der Waals surface area contributed by atoms with Gasteiger partial charge in [-0.3, -0.25) is 4.79 Å². The fourth-order valence-corrected chi connectivity index (χ4v) is 4.01. The van der Waals surface area contributed by atoms with E-state index in [2.05, 4.69) is 23.3 Å². The van der Waals surface area contributed by atoms with Crippen LogP contribution in [-0.2, 0) is 0 Å². The summed E-state index contributed by atoms with van der Waals surface area (Å²) in [6.45, 7) is 7.65. The Labute approximate surface area is 193 Å². The molecule has 0 aromatic heterocycles. The molecule has 2 N–H and O–H groups in total. The number of hydrogen-bond acceptors (Lipinski definition) is 6. The van der Waals surface area contributed by atoms with E-state index in [1.165, 1.54) is 0 Å². The van der Waals surface area contributed by atoms with Crippen molar-refractivity contribution in [3.63, 3.8) is 0 Å². The molecule has 0 fully saturated rings. The van der Waals surface area contributed by atoms with Gasteiger partial charge in [-0.25, -0.2) is 8.78 Å². The van der Waals surface area contributed by atoms with Crippen molar-refractivity contribution < 1.29 is 13.6 Å². The molecule has 0 bridgehead atoms. The maximum Gasteiger partial charge on any atom is 0.196 e. The minimum Gasteiger partial charge on any atom is -0.381 e. The van der Waals surface area contributed by atoms with Gasteiger partial charge in [-0.05, 0) is 52.3 Å². The summed E-state index contributed by atoms with van der Waals surface area (Å²) in [5.41, 5.74) is 1.84. The minimum atomic E-state index is -1.11. The van der Waals surface area contributed by atoms with Crippen LogP contribution in [0.1, 0.15) is 38.2 Å². The van der Waals surface area contributed by atoms with E-state index in [1.54, 1.807) is 19.1 Å². The largest absolute Gasteiger partial charge is 0.381 e. The number of ketones is 1. The van der Waals surface area contributed by atoms with Crippen LogP contribution in [0.4, 0.5) is 20.2 Å². The molecule has 0 saturated heterocycles. The first-order valence-corrected chi connectivity index (χ1v) is 10.7. The minimum absolute atomic E-state index is 0.0377. The Morgan fingerprint density at radius 1 is 0.909 bits per heavy atom. The summed E-state index contributed by atoms with van der Waals surface area (Å²) in [6, 6.07) is 5.40. The van der Waals surface area contributed by atoms with Gasteiger partial charge in [0.1, 0.15) is 0 Å². The molecule has 8 heteroatoms. The van der Waals surface area contributed by atoms with E-state index in [1.807, 2.05) is 38.0 Å². The number of likely N-dealkylation sites (N-methyl/N-ethyl adjacent to an activating group) is 2. The number of hydrogen-bond donors (Lipinski definition) is 2. The first-order chi connectivity index (χ1) is 15.6. The van der Waals surface area contributed by atoms with Gasteiger partial charge in [0, 0.05) is 42.9 Å². The highest BCUT2D eigenvalue weighted by Crippen LogP contribution is 2.46. The third kappa shape index (κ3) is 4.47. The average Bonchev–Trinajstić information content (AvgIpc) is 2.75. The van der Waals surface area contributed by atoms with Crippen LogP contribution in [0.3, 0.4) is 0 Å². The Balaban J connectivity index is 2.27. The fourth-order valence-electron chi connectivity index (χ4n) is 4.01. The van der Waals surface area contributed by atoms with Crippen molar-refractivity contribution in [3.8, 4) is 6.07 Å². The zero-order valence-corrected chi connectivity index (χ0v) is 19.7. The van der Waals surface area contributed by atoms with Crippen LogP contribution < -0.4 is 10.6 Å². The van der Waals surface area contributed by atoms with Gasteiger partial charge in [0.15, 0.2) is 17.4 Å². The van der Waals surface area contributed by atoms with E-state index >= 15 is 8.78 Å². The lowest BCUT2D eigenvalue weighted by Gasteiger charge is -2.29. The van der Waals surface area contributed by atoms with Crippen LogP contribution in [-0.4, -0.2) is 70.0 Å². The number of rotatable bonds is 8. The number of benzene rings is 2. The SMILES string of the molecule is C=C1c2c(C#N)ccc(C)c2C(=O)c2c(NCCN(C)C)c(F)c(F)c(NCCN(C)C)c21. The van der Waals surface area contributed by atoms with Crippen LogP contribution in [0.15, 0.2) is 18.7 Å². The predicted octanol–water partition coefficient (Wildman–Crippen LogP) is 3.70. The molecular weight excluding hydrogens is 424 g/mol. The van der Waals surface area contributed by atoms with Crippen LogP contribution in [0.2, 0.25) is 0 Å². The molecule has 1 aliphatic rings. The van der Waals surface area contributed by atoms with Crippen molar-refractivity contribution in [1.29, 1.82) is 5.26 Å². The number of halogens is 2. The molecular formula is C25H29F2N5O. The van der Waals surface area contributed by atoms with Gasteiger partial charge in [0.05, 0.1) is 28.6 Å². The van der Waals surface area contributed by atoms with E-state index < -0.39 is 17.4 Å². The summed E-state index contributed by atoms with van der Waals surface area (Å²) < 4.78 is 30.7. The van der Waals surface area contributed by atoms with Crippen LogP contribution in [0.5, 0.6) is 0 Å². The molecule has 0 heterocycles. The van der Waals surface area contributed by atoms with Crippen molar-refractivity contribution in [2.45, 2.75) is 6.92 Å². The number of nitrogens with one attached hydrogen (secondary N) is 2. The van der Waals surface area contributed by atoms with Crippen molar-refractivity contribution in [2.75, 3.05) is 65.0 Å². The highest BCUT2D eigenvalue weighted by Gasteiger charge is 2.37. The summed E-state index contributed by atoms with van der Waals surface area (Å²) in [7, 11) is 7.46. The van der Waals surface area contributed by atoms with Gasteiger partial charge < -0.3 is 20.4 Å². The molecule has 33 heavy (non-hydrogen) atoms. The van der Waals surface area contributed by atoms with E-state index in [-0.39, 0.29) is 28.1 Å². The van der Waals surface area contributed by atoms with Crippen LogP contribution in [0, 0.1) is 29.9 Å². The number of aryl methyl sites for hydroxylation is 1. The molecule has 0 unspecified atom stereocenters. The Hall–Kier alpha value is -3.28. The quantitative estimate of drug-likeness (QED) is 0.542. The molecule has 2 aromatic carbocycles. The first-order valence-electron chi connectivity index (χ1n) is 10.7. The van der Waals surface area contributed by atoms with Crippen LogP contribution >= 0.6 is 0 Å². The molecule has 3 rings (SSSR count). The predicted molar refractivity (Wildman–Crippen MR) is 128 cm³/mol. The molecule has 0 aliphatic heterocycles. The zero-order valence-electron chi connectivity index (χ0n) is 19.7. The Bertz CT molecular complexity index is 1160. The van der Waals surface area contributed by atoms with Gasteiger partial charge in [0.25, 0.3) is 0 Å². The lowest BCUT2D eigenvalue weighted by Crippen LogP contribution is -2.27. The van der Waals surface area contributed by atoms with Gasteiger partial charge in [-0.2, -0.15) is 5.26 Å². The summed E-state index contributed by atoms with van der Waals surface area (Å²) in [5.74, 6) is -2.65. The second-order valence-electron chi connectivity index (χ2n) is 8.69. The van der Waals surface area contributed by atoms with Gasteiger partial charge in [0.2, 0.25) is 0 Å². The monoisotopic (exact) mass is 453 g/mol. The van der Waals surface area contributed by atoms with E-state index in [0.717, 1.165) is 0 Å². The highest BCUT2D eigenvalue weighted by atomic mass is 19.2. The molecule has 0 atom stereocenters. The summed E-state index contributed by atoms with van der Waals surface area (Å²) in [5, 5.41) is 15.5. The zero-order chi connectivity index (χ0) is 24.4. The smallest absolute Gasteiger partial charge is 0.196 e. The topological polar surface area (TPSA) is 71.4 Å². The van der Waals surface area contributed by atoms with Crippen LogP contribution in [0.25, 0.3) is 5.57 Å². The summed E-state index contributed by atoms with van der Waals surface area (Å²) in [4.78, 5) is 17.5. The van der Waals surface area contributed by atoms with Gasteiger partial charge in [-0.15, -0.1) is 0 Å². The summed E-state index contributed by atoms with van der Waals surface area (Å²) >= 11 is 0. The second kappa shape index (κ2) is 9.69. The van der Waals surface area contributed by atoms with E-state index in [9.17, 15) is 10.1 Å². The Kier molecular flexibility index (Phi) is 7.15. The number of carbonyl (C=O) groups is 1. The second-order valence-corrected chi connectivity index (χ2v) is 8.69. The Morgan fingerprint density at radius 3 is 1.91 bits per heavy atom. The molecule has 174 valence electrons. The normalized spacial score (nSPS) is 12.6. The fraction of sp³-hybridized carbons (Fsp3) is 0.360. The van der Waals surface area contributed by atoms with E-state index in [4.69, 9.17) is 0 Å². The average molecular weight is 454 g/mol. The molecule has 0 amide bonds. The molecule has 0 radical (unpaired) electrons. The third-order valence-electron chi connectivity index (χ3n) is 5.70. The molecule has 0 spiro atoms. The number of carbonyl (C=O) groups excluding carboxylic acids is 1. The molecule has 0 saturated carbocycles. The third-order valence-corrected chi connectivity index (χ3v) is 5.70. The number of nitriles is 1. The van der Waals surface area contributed by atoms with Crippen molar-refractivity contribution in [1.82, 2.24) is 9.80 Å². The molecule has 2 aromatic rings. The number of anilines is 2. The maximum atomic E-state index is 15.4. The Morgan fingerprint density at radius 2 is 1.42 bits per heavy atom. The van der Waals surface area contributed by atoms with E-state index in [0.29, 0.717) is 48.4 Å². The molecule has 1 aliphatic carbocycles. The van der Waals surface area contributed by atoms with Crippen molar-refractivity contribution >= 4 is 22.7 Å². The lowest BCUT2D eigenvalue weighted by atomic mass is 9.76. The summed E-state index contributed by atoms with van der Waals surface area (Å²) in [6.07, 6.45) is 0. The number of fused-ring (bicyclic) bond motifs is 2. The van der Waals surface area contributed by atoms with Crippen molar-refractivity contribution in [3.05, 3.63) is 63.7 Å². The van der Waals surface area contributed by atoms with Gasteiger partial charge >= 0.3 is 0 Å². The van der Waals surface area contributed by atoms with Crippen molar-refractivity contribution in [2.24, 2.45) is 0 Å². The highest BCUT2D eigenvalue weighted by molar-refractivity contribution is 6.23. The van der Waals surface area contributed by atoms with Gasteiger partial charge in [-0.1, -0.05) is 12.6 Å². The standard InChI is InChI=1S/C25H29F2N5O/c1-14-7-8-16(13-28)18-15(2)19-20(25(33)17(14)18)24(30-10-12-32(5)6)22(27)21(26)23(19)29-9-11-31(3)4/h7-8,29-30H,2,9-12H2,1,3-6H3. The molecule has 6 nitrogen and oxygen atoms in total.